The van der Waals surface area contributed by atoms with Gasteiger partial charge in [0.05, 0.1) is 5.56 Å². The van der Waals surface area contributed by atoms with Crippen LogP contribution in [-0.2, 0) is 12.4 Å². The quantitative estimate of drug-likeness (QED) is 0.637. The van der Waals surface area contributed by atoms with Gasteiger partial charge in [-0.25, -0.2) is 9.78 Å². The smallest absolute Gasteiger partial charge is 0.387 e. The Morgan fingerprint density at radius 2 is 1.69 bits per heavy atom. The standard InChI is InChI=1S/C15H7F6N3O2/c16-14(17,18)9-4-1-3-8(7-9)12-23-24(13(25)26-12)11-10(15(19,20)21)5-2-6-22-11/h1-7H. The molecule has 0 aliphatic rings. The van der Waals surface area contributed by atoms with Crippen LogP contribution in [0.3, 0.4) is 0 Å². The summed E-state index contributed by atoms with van der Waals surface area (Å²) in [6.45, 7) is 0. The zero-order valence-corrected chi connectivity index (χ0v) is 12.5. The van der Waals surface area contributed by atoms with Crippen molar-refractivity contribution < 1.29 is 30.8 Å². The molecule has 0 aliphatic heterocycles. The Labute approximate surface area is 140 Å². The summed E-state index contributed by atoms with van der Waals surface area (Å²) in [7, 11) is 0. The van der Waals surface area contributed by atoms with Gasteiger partial charge in [-0.2, -0.15) is 26.3 Å². The summed E-state index contributed by atoms with van der Waals surface area (Å²) in [6.07, 6.45) is -8.46. The number of hydrogen-bond donors (Lipinski definition) is 0. The summed E-state index contributed by atoms with van der Waals surface area (Å²) in [5.74, 6) is -2.73. The molecule has 0 spiro atoms. The zero-order valence-electron chi connectivity index (χ0n) is 12.5. The molecular weight excluding hydrogens is 368 g/mol. The number of alkyl halides is 6. The van der Waals surface area contributed by atoms with Gasteiger partial charge in [-0.1, -0.05) is 6.07 Å². The molecule has 0 unspecified atom stereocenters. The molecule has 2 heterocycles. The third-order valence-electron chi connectivity index (χ3n) is 3.28. The van der Waals surface area contributed by atoms with Gasteiger partial charge < -0.3 is 4.42 Å². The van der Waals surface area contributed by atoms with Crippen molar-refractivity contribution in [2.24, 2.45) is 0 Å². The molecule has 0 bridgehead atoms. The minimum absolute atomic E-state index is 0.222. The molecule has 2 aromatic heterocycles. The third-order valence-corrected chi connectivity index (χ3v) is 3.28. The lowest BCUT2D eigenvalue weighted by molar-refractivity contribution is -0.138. The van der Waals surface area contributed by atoms with Crippen LogP contribution in [-0.4, -0.2) is 14.8 Å². The van der Waals surface area contributed by atoms with Crippen LogP contribution < -0.4 is 5.76 Å². The topological polar surface area (TPSA) is 60.9 Å². The number of aromatic nitrogens is 3. The van der Waals surface area contributed by atoms with E-state index in [-0.39, 0.29) is 10.2 Å². The Balaban J connectivity index is 2.12. The average Bonchev–Trinajstić information content (AvgIpc) is 2.95. The van der Waals surface area contributed by atoms with E-state index in [9.17, 15) is 31.1 Å². The van der Waals surface area contributed by atoms with Crippen LogP contribution in [0.2, 0.25) is 0 Å². The molecule has 0 fully saturated rings. The van der Waals surface area contributed by atoms with Crippen molar-refractivity contribution in [3.05, 3.63) is 64.3 Å². The predicted octanol–water partition coefficient (Wildman–Crippen LogP) is 3.93. The summed E-state index contributed by atoms with van der Waals surface area (Å²) in [5.41, 5.74) is -2.49. The fraction of sp³-hybridized carbons (Fsp3) is 0.133. The largest absolute Gasteiger partial charge is 0.443 e. The van der Waals surface area contributed by atoms with Gasteiger partial charge in [-0.05, 0) is 30.3 Å². The monoisotopic (exact) mass is 375 g/mol. The molecule has 0 N–H and O–H groups in total. The van der Waals surface area contributed by atoms with E-state index in [1.807, 2.05) is 0 Å². The fourth-order valence-corrected chi connectivity index (χ4v) is 2.14. The first-order chi connectivity index (χ1) is 12.1. The number of benzene rings is 1. The van der Waals surface area contributed by atoms with Gasteiger partial charge in [0.1, 0.15) is 5.56 Å². The van der Waals surface area contributed by atoms with Crippen molar-refractivity contribution in [2.75, 3.05) is 0 Å². The van der Waals surface area contributed by atoms with Crippen molar-refractivity contribution in [3.63, 3.8) is 0 Å². The van der Waals surface area contributed by atoms with E-state index >= 15 is 0 Å². The van der Waals surface area contributed by atoms with Crippen LogP contribution >= 0.6 is 0 Å². The Morgan fingerprint density at radius 1 is 0.962 bits per heavy atom. The van der Waals surface area contributed by atoms with E-state index in [0.29, 0.717) is 12.1 Å². The number of nitrogens with zero attached hydrogens (tertiary/aromatic N) is 3. The normalized spacial score (nSPS) is 12.4. The van der Waals surface area contributed by atoms with Gasteiger partial charge in [0.2, 0.25) is 5.89 Å². The average molecular weight is 375 g/mol. The van der Waals surface area contributed by atoms with Crippen molar-refractivity contribution in [3.8, 4) is 17.3 Å². The summed E-state index contributed by atoms with van der Waals surface area (Å²) in [5, 5.41) is 3.56. The molecule has 0 aliphatic carbocycles. The highest BCUT2D eigenvalue weighted by molar-refractivity contribution is 5.54. The lowest BCUT2D eigenvalue weighted by Crippen LogP contribution is -2.20. The van der Waals surface area contributed by atoms with Crippen molar-refractivity contribution in [1.29, 1.82) is 0 Å². The molecule has 0 radical (unpaired) electrons. The summed E-state index contributed by atoms with van der Waals surface area (Å²) >= 11 is 0. The number of rotatable bonds is 2. The number of halogens is 6. The van der Waals surface area contributed by atoms with Gasteiger partial charge in [0.15, 0.2) is 5.82 Å². The first kappa shape index (κ1) is 17.7. The number of hydrogen-bond acceptors (Lipinski definition) is 4. The lowest BCUT2D eigenvalue weighted by Gasteiger charge is -2.09. The fourth-order valence-electron chi connectivity index (χ4n) is 2.14. The van der Waals surface area contributed by atoms with E-state index in [1.54, 1.807) is 0 Å². The Bertz CT molecular complexity index is 1000. The second-order valence-corrected chi connectivity index (χ2v) is 5.04. The maximum absolute atomic E-state index is 13.0. The summed E-state index contributed by atoms with van der Waals surface area (Å²) in [4.78, 5) is 15.4. The molecule has 26 heavy (non-hydrogen) atoms. The van der Waals surface area contributed by atoms with Crippen LogP contribution in [0.4, 0.5) is 26.3 Å². The van der Waals surface area contributed by atoms with E-state index in [4.69, 9.17) is 4.42 Å². The molecule has 5 nitrogen and oxygen atoms in total. The molecule has 136 valence electrons. The Morgan fingerprint density at radius 3 is 2.35 bits per heavy atom. The Kier molecular flexibility index (Phi) is 4.09. The molecule has 3 aromatic rings. The summed E-state index contributed by atoms with van der Waals surface area (Å²) < 4.78 is 82.4. The van der Waals surface area contributed by atoms with E-state index in [0.717, 1.165) is 24.4 Å². The van der Waals surface area contributed by atoms with E-state index < -0.39 is 40.9 Å². The summed E-state index contributed by atoms with van der Waals surface area (Å²) in [6, 6.07) is 5.39. The minimum atomic E-state index is -4.82. The first-order valence-electron chi connectivity index (χ1n) is 6.88. The minimum Gasteiger partial charge on any atom is -0.387 e. The molecule has 0 saturated carbocycles. The second kappa shape index (κ2) is 6.00. The SMILES string of the molecule is O=c1oc(-c2cccc(C(F)(F)F)c2)nn1-c1ncccc1C(F)(F)F. The number of pyridine rings is 1. The van der Waals surface area contributed by atoms with Gasteiger partial charge in [-0.3, -0.25) is 0 Å². The van der Waals surface area contributed by atoms with Crippen LogP contribution in [0.15, 0.2) is 51.8 Å². The molecule has 1 aromatic carbocycles. The third kappa shape index (κ3) is 3.32. The highest BCUT2D eigenvalue weighted by Crippen LogP contribution is 2.33. The maximum Gasteiger partial charge on any atom is 0.443 e. The van der Waals surface area contributed by atoms with Crippen LogP contribution in [0.5, 0.6) is 0 Å². The van der Waals surface area contributed by atoms with E-state index in [2.05, 4.69) is 10.1 Å². The van der Waals surface area contributed by atoms with Gasteiger partial charge in [-0.15, -0.1) is 9.78 Å². The van der Waals surface area contributed by atoms with Crippen molar-refractivity contribution in [2.45, 2.75) is 12.4 Å². The van der Waals surface area contributed by atoms with Gasteiger partial charge in [0.25, 0.3) is 0 Å². The molecule has 0 amide bonds. The highest BCUT2D eigenvalue weighted by atomic mass is 19.4. The lowest BCUT2D eigenvalue weighted by atomic mass is 10.1. The highest BCUT2D eigenvalue weighted by Gasteiger charge is 2.36. The van der Waals surface area contributed by atoms with Gasteiger partial charge in [0, 0.05) is 11.8 Å². The maximum atomic E-state index is 13.0. The van der Waals surface area contributed by atoms with Gasteiger partial charge >= 0.3 is 18.1 Å². The zero-order chi connectivity index (χ0) is 19.1. The van der Waals surface area contributed by atoms with E-state index in [1.165, 1.54) is 6.07 Å². The molecule has 11 heteroatoms. The molecule has 3 rings (SSSR count). The predicted molar refractivity (Wildman–Crippen MR) is 75.3 cm³/mol. The van der Waals surface area contributed by atoms with Crippen LogP contribution in [0.1, 0.15) is 11.1 Å². The van der Waals surface area contributed by atoms with Crippen LogP contribution in [0, 0.1) is 0 Å². The van der Waals surface area contributed by atoms with Crippen molar-refractivity contribution >= 4 is 0 Å². The Hall–Kier alpha value is -3.11. The van der Waals surface area contributed by atoms with Crippen LogP contribution in [0.25, 0.3) is 17.3 Å². The second-order valence-electron chi connectivity index (χ2n) is 5.04. The molecule has 0 saturated heterocycles. The van der Waals surface area contributed by atoms with Crippen molar-refractivity contribution in [1.82, 2.24) is 14.8 Å². The molecule has 0 atom stereocenters. The molecular formula is C15H7F6N3O2. The first-order valence-corrected chi connectivity index (χ1v) is 6.88.